The molecule has 0 aliphatic carbocycles. The van der Waals surface area contributed by atoms with Crippen molar-refractivity contribution in [1.82, 2.24) is 34.2 Å². The standard InChI is InChI=1S/C26H29ClN8O2/c1-26(2,3)37-25(36)33-12-13-35(24-31-30-23(32(24)4)18-8-10-28-11-9-18)22(16-33)21-15-34(17-29-21)20-7-5-6-19(27)14-20/h5-11,14-15,17,22H,12-13,16H2,1-4H3. The van der Waals surface area contributed by atoms with E-state index in [1.807, 2.05) is 79.5 Å². The van der Waals surface area contributed by atoms with Crippen molar-refractivity contribution in [3.05, 3.63) is 72.0 Å². The molecule has 5 rings (SSSR count). The highest BCUT2D eigenvalue weighted by atomic mass is 35.5. The molecule has 10 nitrogen and oxygen atoms in total. The molecule has 0 N–H and O–H groups in total. The molecule has 37 heavy (non-hydrogen) atoms. The third-order valence-corrected chi connectivity index (χ3v) is 6.36. The largest absolute Gasteiger partial charge is 0.444 e. The van der Waals surface area contributed by atoms with E-state index in [-0.39, 0.29) is 12.1 Å². The van der Waals surface area contributed by atoms with E-state index >= 15 is 0 Å². The highest BCUT2D eigenvalue weighted by molar-refractivity contribution is 6.30. The molecule has 192 valence electrons. The minimum Gasteiger partial charge on any atom is -0.444 e. The maximum absolute atomic E-state index is 13.0. The Morgan fingerprint density at radius 2 is 1.89 bits per heavy atom. The molecule has 0 bridgehead atoms. The van der Waals surface area contributed by atoms with Gasteiger partial charge in [-0.05, 0) is 51.1 Å². The Labute approximate surface area is 220 Å². The van der Waals surface area contributed by atoms with Gasteiger partial charge in [0.25, 0.3) is 0 Å². The number of pyridine rings is 1. The molecule has 1 aliphatic heterocycles. The zero-order chi connectivity index (χ0) is 26.2. The van der Waals surface area contributed by atoms with Crippen LogP contribution in [0.15, 0.2) is 61.3 Å². The molecule has 1 fully saturated rings. The van der Waals surface area contributed by atoms with Gasteiger partial charge in [0, 0.05) is 55.0 Å². The number of carbonyl (C=O) groups is 1. The van der Waals surface area contributed by atoms with E-state index in [1.54, 1.807) is 23.6 Å². The molecule has 4 aromatic rings. The summed E-state index contributed by atoms with van der Waals surface area (Å²) in [6, 6.07) is 11.1. The minimum absolute atomic E-state index is 0.269. The number of benzene rings is 1. The summed E-state index contributed by atoms with van der Waals surface area (Å²) in [4.78, 5) is 25.6. The van der Waals surface area contributed by atoms with Crippen LogP contribution < -0.4 is 4.90 Å². The number of hydrogen-bond donors (Lipinski definition) is 0. The number of imidazole rings is 1. The zero-order valence-corrected chi connectivity index (χ0v) is 22.0. The van der Waals surface area contributed by atoms with Gasteiger partial charge in [-0.15, -0.1) is 10.2 Å². The summed E-state index contributed by atoms with van der Waals surface area (Å²) < 4.78 is 9.54. The summed E-state index contributed by atoms with van der Waals surface area (Å²) in [7, 11) is 1.94. The lowest BCUT2D eigenvalue weighted by Gasteiger charge is -2.41. The Bertz CT molecular complexity index is 1400. The second kappa shape index (κ2) is 9.85. The van der Waals surface area contributed by atoms with E-state index in [0.29, 0.717) is 30.6 Å². The molecule has 0 radical (unpaired) electrons. The Morgan fingerprint density at radius 1 is 1.11 bits per heavy atom. The van der Waals surface area contributed by atoms with Crippen molar-refractivity contribution in [1.29, 1.82) is 0 Å². The van der Waals surface area contributed by atoms with Gasteiger partial charge >= 0.3 is 6.09 Å². The van der Waals surface area contributed by atoms with Gasteiger partial charge in [-0.25, -0.2) is 9.78 Å². The van der Waals surface area contributed by atoms with E-state index in [0.717, 1.165) is 22.8 Å². The Hall–Kier alpha value is -3.92. The molecule has 1 unspecified atom stereocenters. The lowest BCUT2D eigenvalue weighted by Crippen LogP contribution is -2.52. The fraction of sp³-hybridized carbons (Fsp3) is 0.346. The van der Waals surface area contributed by atoms with Crippen molar-refractivity contribution >= 4 is 23.6 Å². The van der Waals surface area contributed by atoms with Gasteiger partial charge in [0.05, 0.1) is 24.6 Å². The van der Waals surface area contributed by atoms with Gasteiger partial charge in [-0.3, -0.25) is 9.55 Å². The average molecular weight is 521 g/mol. The monoisotopic (exact) mass is 520 g/mol. The van der Waals surface area contributed by atoms with Gasteiger partial charge in [0.2, 0.25) is 5.95 Å². The highest BCUT2D eigenvalue weighted by Crippen LogP contribution is 2.32. The van der Waals surface area contributed by atoms with Gasteiger partial charge in [-0.1, -0.05) is 17.7 Å². The van der Waals surface area contributed by atoms with Crippen LogP contribution in [0.2, 0.25) is 5.02 Å². The first-order valence-corrected chi connectivity index (χ1v) is 12.4. The second-order valence-corrected chi connectivity index (χ2v) is 10.4. The van der Waals surface area contributed by atoms with Crippen molar-refractivity contribution in [2.24, 2.45) is 7.05 Å². The van der Waals surface area contributed by atoms with Crippen molar-refractivity contribution in [2.75, 3.05) is 24.5 Å². The second-order valence-electron chi connectivity index (χ2n) is 9.94. The van der Waals surface area contributed by atoms with Crippen LogP contribution in [0.4, 0.5) is 10.7 Å². The summed E-state index contributed by atoms with van der Waals surface area (Å²) in [5.41, 5.74) is 2.03. The number of carbonyl (C=O) groups excluding carboxylic acids is 1. The first-order valence-electron chi connectivity index (χ1n) is 12.0. The molecule has 11 heteroatoms. The maximum Gasteiger partial charge on any atom is 0.410 e. The average Bonchev–Trinajstić information content (AvgIpc) is 3.50. The SMILES string of the molecule is Cn1c(-c2ccncc2)nnc1N1CCN(C(=O)OC(C)(C)C)CC1c1cn(-c2cccc(Cl)c2)cn1. The molecular formula is C26H29ClN8O2. The van der Waals surface area contributed by atoms with Crippen molar-refractivity contribution < 1.29 is 9.53 Å². The quantitative estimate of drug-likeness (QED) is 0.390. The van der Waals surface area contributed by atoms with Gasteiger partial charge in [0.1, 0.15) is 5.60 Å². The molecule has 1 aromatic carbocycles. The first kappa shape index (κ1) is 24.8. The number of piperazine rings is 1. The molecule has 0 saturated carbocycles. The van der Waals surface area contributed by atoms with E-state index in [1.165, 1.54) is 0 Å². The summed E-state index contributed by atoms with van der Waals surface area (Å²) in [5, 5.41) is 9.63. The summed E-state index contributed by atoms with van der Waals surface area (Å²) >= 11 is 6.21. The van der Waals surface area contributed by atoms with Crippen LogP contribution >= 0.6 is 11.6 Å². The fourth-order valence-electron chi connectivity index (χ4n) is 4.38. The van der Waals surface area contributed by atoms with Gasteiger partial charge in [-0.2, -0.15) is 0 Å². The van der Waals surface area contributed by atoms with Crippen molar-refractivity contribution in [3.63, 3.8) is 0 Å². The van der Waals surface area contributed by atoms with Gasteiger partial charge < -0.3 is 19.1 Å². The smallest absolute Gasteiger partial charge is 0.410 e. The topological polar surface area (TPSA) is 94.2 Å². The number of rotatable bonds is 4. The van der Waals surface area contributed by atoms with E-state index in [4.69, 9.17) is 21.3 Å². The van der Waals surface area contributed by atoms with Crippen LogP contribution in [-0.2, 0) is 11.8 Å². The minimum atomic E-state index is -0.582. The lowest BCUT2D eigenvalue weighted by atomic mass is 10.1. The summed E-state index contributed by atoms with van der Waals surface area (Å²) in [6.45, 7) is 7.01. The predicted molar refractivity (Wildman–Crippen MR) is 141 cm³/mol. The number of ether oxygens (including phenoxy) is 1. The van der Waals surface area contributed by atoms with E-state index in [2.05, 4.69) is 20.1 Å². The zero-order valence-electron chi connectivity index (χ0n) is 21.2. The van der Waals surface area contributed by atoms with Crippen LogP contribution in [0.5, 0.6) is 0 Å². The maximum atomic E-state index is 13.0. The van der Waals surface area contributed by atoms with Crippen molar-refractivity contribution in [2.45, 2.75) is 32.4 Å². The number of hydrogen-bond acceptors (Lipinski definition) is 7. The number of anilines is 1. The van der Waals surface area contributed by atoms with Crippen LogP contribution in [0.25, 0.3) is 17.1 Å². The highest BCUT2D eigenvalue weighted by Gasteiger charge is 2.36. The van der Waals surface area contributed by atoms with Crippen LogP contribution in [0, 0.1) is 0 Å². The van der Waals surface area contributed by atoms with E-state index in [9.17, 15) is 4.79 Å². The van der Waals surface area contributed by atoms with Crippen LogP contribution in [0.3, 0.4) is 0 Å². The van der Waals surface area contributed by atoms with Gasteiger partial charge in [0.15, 0.2) is 5.82 Å². The fourth-order valence-corrected chi connectivity index (χ4v) is 4.56. The molecule has 4 heterocycles. The summed E-state index contributed by atoms with van der Waals surface area (Å²) in [5.74, 6) is 1.42. The number of halogens is 1. The van der Waals surface area contributed by atoms with E-state index < -0.39 is 5.60 Å². The Balaban J connectivity index is 1.49. The molecule has 1 saturated heterocycles. The van der Waals surface area contributed by atoms with Crippen LogP contribution in [-0.4, -0.2) is 65.5 Å². The molecule has 1 atom stereocenters. The third kappa shape index (κ3) is 5.29. The predicted octanol–water partition coefficient (Wildman–Crippen LogP) is 4.51. The Morgan fingerprint density at radius 3 is 2.62 bits per heavy atom. The molecule has 3 aromatic heterocycles. The Kier molecular flexibility index (Phi) is 6.59. The lowest BCUT2D eigenvalue weighted by molar-refractivity contribution is 0.0212. The van der Waals surface area contributed by atoms with Crippen LogP contribution in [0.1, 0.15) is 32.5 Å². The summed E-state index contributed by atoms with van der Waals surface area (Å²) in [6.07, 6.45) is 6.83. The number of amides is 1. The van der Waals surface area contributed by atoms with Crippen molar-refractivity contribution in [3.8, 4) is 17.1 Å². The third-order valence-electron chi connectivity index (χ3n) is 6.13. The molecule has 1 aliphatic rings. The molecular weight excluding hydrogens is 492 g/mol. The molecule has 0 spiro atoms. The number of nitrogens with zero attached hydrogens (tertiary/aromatic N) is 8. The first-order chi connectivity index (χ1) is 17.7. The molecule has 1 amide bonds. The number of aromatic nitrogens is 6. The normalized spacial score (nSPS) is 16.2.